The van der Waals surface area contributed by atoms with E-state index in [1.54, 1.807) is 0 Å². The fourth-order valence-corrected chi connectivity index (χ4v) is 3.30. The molecular weight excluding hydrogens is 332 g/mol. The van der Waals surface area contributed by atoms with Crippen molar-refractivity contribution in [1.29, 1.82) is 0 Å². The summed E-state index contributed by atoms with van der Waals surface area (Å²) in [6, 6.07) is 0. The molecule has 0 saturated carbocycles. The van der Waals surface area contributed by atoms with E-state index in [-0.39, 0.29) is 22.4 Å². The van der Waals surface area contributed by atoms with Gasteiger partial charge in [-0.2, -0.15) is 0 Å². The molecule has 3 fully saturated rings. The standard InChI is InChI=1S/C17H30O6S/c1-3-16(10-20-11-16)8-18-5-14(23-24-15-7-22-15)6-19-9-17(4-2)12-21-13-17/h14-15H,3-13H2,1-2H3/t15-/m1/s1. The third-order valence-corrected chi connectivity index (χ3v) is 6.03. The van der Waals surface area contributed by atoms with Crippen LogP contribution in [0.2, 0.25) is 0 Å². The molecule has 0 radical (unpaired) electrons. The molecule has 0 spiro atoms. The van der Waals surface area contributed by atoms with Crippen LogP contribution in [0.15, 0.2) is 0 Å². The molecule has 3 aliphatic heterocycles. The number of hydrogen-bond donors (Lipinski definition) is 0. The predicted octanol–water partition coefficient (Wildman–Crippen LogP) is 2.26. The lowest BCUT2D eigenvalue weighted by Gasteiger charge is -2.41. The van der Waals surface area contributed by atoms with Gasteiger partial charge >= 0.3 is 0 Å². The van der Waals surface area contributed by atoms with Crippen LogP contribution >= 0.6 is 12.0 Å². The molecule has 24 heavy (non-hydrogen) atoms. The molecule has 3 aliphatic rings. The molecule has 7 heteroatoms. The summed E-state index contributed by atoms with van der Waals surface area (Å²) in [6.45, 7) is 10.9. The molecule has 0 aromatic heterocycles. The van der Waals surface area contributed by atoms with Crippen molar-refractivity contribution < 1.29 is 27.9 Å². The molecule has 0 aromatic carbocycles. The maximum Gasteiger partial charge on any atom is 0.152 e. The van der Waals surface area contributed by atoms with Crippen molar-refractivity contribution >= 4 is 12.0 Å². The highest BCUT2D eigenvalue weighted by Gasteiger charge is 2.38. The summed E-state index contributed by atoms with van der Waals surface area (Å²) >= 11 is 1.39. The van der Waals surface area contributed by atoms with E-state index in [2.05, 4.69) is 13.8 Å². The summed E-state index contributed by atoms with van der Waals surface area (Å²) in [4.78, 5) is 0. The van der Waals surface area contributed by atoms with Crippen molar-refractivity contribution in [2.75, 3.05) is 59.5 Å². The van der Waals surface area contributed by atoms with Crippen LogP contribution in [0.1, 0.15) is 26.7 Å². The van der Waals surface area contributed by atoms with Gasteiger partial charge < -0.3 is 27.9 Å². The second-order valence-corrected chi connectivity index (χ2v) is 8.21. The minimum atomic E-state index is -0.0796. The Kier molecular flexibility index (Phi) is 6.82. The van der Waals surface area contributed by atoms with E-state index in [1.165, 1.54) is 12.0 Å². The quantitative estimate of drug-likeness (QED) is 0.368. The van der Waals surface area contributed by atoms with Gasteiger partial charge in [0.15, 0.2) is 5.44 Å². The maximum atomic E-state index is 5.93. The highest BCUT2D eigenvalue weighted by atomic mass is 32.2. The molecule has 0 unspecified atom stereocenters. The average molecular weight is 362 g/mol. The lowest BCUT2D eigenvalue weighted by Crippen LogP contribution is -2.47. The molecule has 0 aromatic rings. The molecule has 140 valence electrons. The molecule has 0 N–H and O–H groups in total. The van der Waals surface area contributed by atoms with Crippen LogP contribution in [0.3, 0.4) is 0 Å². The molecular formula is C17H30O6S. The summed E-state index contributed by atoms with van der Waals surface area (Å²) in [5, 5.41) is 0. The summed E-state index contributed by atoms with van der Waals surface area (Å²) in [5.41, 5.74) is 0.581. The highest BCUT2D eigenvalue weighted by Crippen LogP contribution is 2.33. The number of ether oxygens (including phenoxy) is 5. The molecule has 3 rings (SSSR count). The van der Waals surface area contributed by atoms with Gasteiger partial charge in [-0.3, -0.25) is 0 Å². The Morgan fingerprint density at radius 1 is 0.958 bits per heavy atom. The van der Waals surface area contributed by atoms with E-state index < -0.39 is 0 Å². The zero-order valence-corrected chi connectivity index (χ0v) is 15.6. The Morgan fingerprint density at radius 3 is 1.79 bits per heavy atom. The summed E-state index contributed by atoms with van der Waals surface area (Å²) in [6.07, 6.45) is 2.08. The molecule has 0 aliphatic carbocycles. The fraction of sp³-hybridized carbons (Fsp3) is 1.00. The molecule has 0 bridgehead atoms. The van der Waals surface area contributed by atoms with Crippen molar-refractivity contribution in [3.8, 4) is 0 Å². The molecule has 3 heterocycles. The van der Waals surface area contributed by atoms with Gasteiger partial charge in [0.25, 0.3) is 0 Å². The lowest BCUT2D eigenvalue weighted by atomic mass is 9.84. The highest BCUT2D eigenvalue weighted by molar-refractivity contribution is 7.95. The van der Waals surface area contributed by atoms with Crippen LogP contribution in [0.5, 0.6) is 0 Å². The fourth-order valence-electron chi connectivity index (χ4n) is 2.71. The van der Waals surface area contributed by atoms with Crippen molar-refractivity contribution in [3.63, 3.8) is 0 Å². The molecule has 6 nitrogen and oxygen atoms in total. The smallest absolute Gasteiger partial charge is 0.152 e. The lowest BCUT2D eigenvalue weighted by molar-refractivity contribution is -0.164. The van der Waals surface area contributed by atoms with E-state index in [0.717, 1.165) is 59.1 Å². The summed E-state index contributed by atoms with van der Waals surface area (Å²) in [5.74, 6) is 0. The first-order valence-electron chi connectivity index (χ1n) is 8.94. The summed E-state index contributed by atoms with van der Waals surface area (Å²) in [7, 11) is 0. The van der Waals surface area contributed by atoms with Crippen LogP contribution < -0.4 is 0 Å². The third kappa shape index (κ3) is 5.06. The monoisotopic (exact) mass is 362 g/mol. The van der Waals surface area contributed by atoms with Crippen LogP contribution in [0, 0.1) is 10.8 Å². The van der Waals surface area contributed by atoms with Gasteiger partial charge in [0.1, 0.15) is 6.10 Å². The van der Waals surface area contributed by atoms with Gasteiger partial charge in [0.2, 0.25) is 0 Å². The SMILES string of the molecule is CCC1(COCC(COCC2(CC)COC2)OS[C@@H]2CO2)COC1. The summed E-state index contributed by atoms with van der Waals surface area (Å²) < 4.78 is 33.6. The minimum Gasteiger partial charge on any atom is -0.380 e. The normalized spacial score (nSPS) is 26.9. The average Bonchev–Trinajstić information content (AvgIpc) is 3.33. The van der Waals surface area contributed by atoms with Crippen LogP contribution in [0.4, 0.5) is 0 Å². The van der Waals surface area contributed by atoms with E-state index in [0.29, 0.717) is 13.2 Å². The van der Waals surface area contributed by atoms with E-state index in [4.69, 9.17) is 27.9 Å². The number of rotatable bonds is 13. The number of epoxide rings is 1. The van der Waals surface area contributed by atoms with Gasteiger partial charge in [-0.25, -0.2) is 0 Å². The minimum absolute atomic E-state index is 0.0796. The first kappa shape index (κ1) is 18.9. The van der Waals surface area contributed by atoms with Gasteiger partial charge in [-0.05, 0) is 12.8 Å². The van der Waals surface area contributed by atoms with Crippen molar-refractivity contribution in [2.45, 2.75) is 38.2 Å². The van der Waals surface area contributed by atoms with Crippen molar-refractivity contribution in [2.24, 2.45) is 10.8 Å². The zero-order valence-electron chi connectivity index (χ0n) is 14.8. The van der Waals surface area contributed by atoms with Gasteiger partial charge in [0.05, 0.1) is 59.5 Å². The van der Waals surface area contributed by atoms with Crippen LogP contribution in [-0.2, 0) is 27.9 Å². The largest absolute Gasteiger partial charge is 0.380 e. The number of hydrogen-bond acceptors (Lipinski definition) is 7. The van der Waals surface area contributed by atoms with E-state index in [9.17, 15) is 0 Å². The maximum absolute atomic E-state index is 5.93. The zero-order chi connectivity index (χ0) is 16.9. The molecule has 1 atom stereocenters. The van der Waals surface area contributed by atoms with Crippen molar-refractivity contribution in [1.82, 2.24) is 0 Å². The van der Waals surface area contributed by atoms with Gasteiger partial charge in [-0.15, -0.1) is 0 Å². The van der Waals surface area contributed by atoms with E-state index >= 15 is 0 Å². The Hall–Kier alpha value is 0.110. The Balaban J connectivity index is 1.36. The third-order valence-electron chi connectivity index (χ3n) is 5.16. The Labute approximate surface area is 149 Å². The van der Waals surface area contributed by atoms with E-state index in [1.807, 2.05) is 0 Å². The van der Waals surface area contributed by atoms with Gasteiger partial charge in [-0.1, -0.05) is 13.8 Å². The second-order valence-electron chi connectivity index (χ2n) is 7.30. The molecule has 0 amide bonds. The van der Waals surface area contributed by atoms with Crippen LogP contribution in [0.25, 0.3) is 0 Å². The van der Waals surface area contributed by atoms with Gasteiger partial charge in [0, 0.05) is 22.9 Å². The first-order chi connectivity index (χ1) is 11.7. The topological polar surface area (TPSA) is 58.7 Å². The predicted molar refractivity (Wildman–Crippen MR) is 90.9 cm³/mol. The Bertz CT molecular complexity index is 342. The van der Waals surface area contributed by atoms with Crippen LogP contribution in [-0.4, -0.2) is 71.0 Å². The second kappa shape index (κ2) is 8.66. The van der Waals surface area contributed by atoms with Crippen molar-refractivity contribution in [3.05, 3.63) is 0 Å². The molecule has 3 saturated heterocycles. The first-order valence-corrected chi connectivity index (χ1v) is 9.74. The Morgan fingerprint density at radius 2 is 1.46 bits per heavy atom.